The summed E-state index contributed by atoms with van der Waals surface area (Å²) in [6.07, 6.45) is 1.17. The van der Waals surface area contributed by atoms with Crippen molar-refractivity contribution in [3.05, 3.63) is 62.2 Å². The van der Waals surface area contributed by atoms with Crippen LogP contribution in [0.4, 0.5) is 11.4 Å². The number of nitriles is 1. The predicted molar refractivity (Wildman–Crippen MR) is 102 cm³/mol. The third kappa shape index (κ3) is 3.64. The van der Waals surface area contributed by atoms with Crippen molar-refractivity contribution in [2.24, 2.45) is 0 Å². The summed E-state index contributed by atoms with van der Waals surface area (Å²) in [4.78, 5) is 23.4. The Morgan fingerprint density at radius 2 is 1.79 bits per heavy atom. The minimum absolute atomic E-state index is 0.0444. The molecule has 0 spiro atoms. The minimum Gasteiger partial charge on any atom is -0.454 e. The molecule has 0 radical (unpaired) electrons. The van der Waals surface area contributed by atoms with E-state index in [-0.39, 0.29) is 29.4 Å². The van der Waals surface area contributed by atoms with Crippen LogP contribution in [0.3, 0.4) is 0 Å². The van der Waals surface area contributed by atoms with Crippen molar-refractivity contribution in [3.8, 4) is 17.6 Å². The Labute approximate surface area is 161 Å². The number of aryl methyl sites for hydroxylation is 3. The first-order valence-corrected chi connectivity index (χ1v) is 8.39. The summed E-state index contributed by atoms with van der Waals surface area (Å²) in [5.41, 5.74) is 2.92. The van der Waals surface area contributed by atoms with Gasteiger partial charge in [-0.15, -0.1) is 0 Å². The molecule has 1 aliphatic rings. The lowest BCUT2D eigenvalue weighted by Gasteiger charge is -2.12. The first kappa shape index (κ1) is 18.9. The number of amides is 1. The van der Waals surface area contributed by atoms with E-state index >= 15 is 0 Å². The lowest BCUT2D eigenvalue weighted by Crippen LogP contribution is -2.15. The number of rotatable bonds is 4. The zero-order valence-corrected chi connectivity index (χ0v) is 15.5. The van der Waals surface area contributed by atoms with E-state index in [1.54, 1.807) is 0 Å². The second-order valence-electron chi connectivity index (χ2n) is 6.42. The van der Waals surface area contributed by atoms with Crippen molar-refractivity contribution in [1.29, 1.82) is 5.26 Å². The van der Waals surface area contributed by atoms with Crippen LogP contribution in [-0.4, -0.2) is 17.6 Å². The smallest absolute Gasteiger partial charge is 0.280 e. The number of carbonyl (C=O) groups is 1. The van der Waals surface area contributed by atoms with E-state index in [9.17, 15) is 20.2 Å². The Hall–Kier alpha value is -3.86. The summed E-state index contributed by atoms with van der Waals surface area (Å²) >= 11 is 0. The lowest BCUT2D eigenvalue weighted by atomic mass is 10.0. The van der Waals surface area contributed by atoms with Gasteiger partial charge in [0.25, 0.3) is 11.6 Å². The molecule has 0 bridgehead atoms. The number of ether oxygens (including phenoxy) is 2. The van der Waals surface area contributed by atoms with Crippen molar-refractivity contribution in [3.63, 3.8) is 0 Å². The molecule has 0 fully saturated rings. The molecule has 1 aliphatic heterocycles. The first-order chi connectivity index (χ1) is 13.3. The van der Waals surface area contributed by atoms with Gasteiger partial charge in [-0.05, 0) is 44.0 Å². The number of nitrogens with one attached hydrogen (secondary N) is 1. The van der Waals surface area contributed by atoms with Gasteiger partial charge >= 0.3 is 0 Å². The van der Waals surface area contributed by atoms with Crippen molar-refractivity contribution in [2.45, 2.75) is 20.8 Å². The normalized spacial score (nSPS) is 12.4. The van der Waals surface area contributed by atoms with Crippen LogP contribution < -0.4 is 14.8 Å². The Balaban J connectivity index is 1.98. The highest BCUT2D eigenvalue weighted by atomic mass is 16.7. The highest BCUT2D eigenvalue weighted by Crippen LogP contribution is 2.38. The molecule has 0 saturated heterocycles. The maximum Gasteiger partial charge on any atom is 0.280 e. The van der Waals surface area contributed by atoms with E-state index < -0.39 is 10.8 Å². The molecule has 1 N–H and O–H groups in total. The number of nitrogens with zero attached hydrogens (tertiary/aromatic N) is 2. The fourth-order valence-corrected chi connectivity index (χ4v) is 3.08. The molecule has 2 aromatic carbocycles. The SMILES string of the molecule is Cc1cc(C)c(NC(=O)C(C#N)=Cc2cc3c(cc2[N+](=O)[O-])OCO3)c(C)c1. The highest BCUT2D eigenvalue weighted by Gasteiger charge is 2.23. The Morgan fingerprint density at radius 3 is 2.36 bits per heavy atom. The molecule has 2 aromatic rings. The molecular formula is C20H17N3O5. The summed E-state index contributed by atoms with van der Waals surface area (Å²) in [5, 5.41) is 23.5. The van der Waals surface area contributed by atoms with Gasteiger partial charge in [0.05, 0.1) is 16.6 Å². The summed E-state index contributed by atoms with van der Waals surface area (Å²) in [6.45, 7) is 5.62. The van der Waals surface area contributed by atoms with E-state index in [0.29, 0.717) is 11.4 Å². The van der Waals surface area contributed by atoms with Crippen molar-refractivity contribution < 1.29 is 19.2 Å². The molecule has 0 aromatic heterocycles. The summed E-state index contributed by atoms with van der Waals surface area (Å²) in [6, 6.07) is 8.24. The van der Waals surface area contributed by atoms with E-state index in [4.69, 9.17) is 9.47 Å². The summed E-state index contributed by atoms with van der Waals surface area (Å²) in [7, 11) is 0. The van der Waals surface area contributed by atoms with Crippen molar-refractivity contribution >= 4 is 23.4 Å². The van der Waals surface area contributed by atoms with Gasteiger partial charge < -0.3 is 14.8 Å². The molecule has 0 aliphatic carbocycles. The zero-order chi connectivity index (χ0) is 20.4. The number of anilines is 1. The quantitative estimate of drug-likeness (QED) is 0.374. The summed E-state index contributed by atoms with van der Waals surface area (Å²) < 4.78 is 10.4. The molecule has 0 atom stereocenters. The molecule has 0 saturated carbocycles. The molecule has 8 nitrogen and oxygen atoms in total. The average Bonchev–Trinajstić information content (AvgIpc) is 3.08. The van der Waals surface area contributed by atoms with Gasteiger partial charge in [-0.25, -0.2) is 0 Å². The van der Waals surface area contributed by atoms with E-state index in [0.717, 1.165) is 16.7 Å². The van der Waals surface area contributed by atoms with Gasteiger partial charge in [0.2, 0.25) is 6.79 Å². The third-order valence-corrected chi connectivity index (χ3v) is 4.30. The Kier molecular flexibility index (Phi) is 5.00. The molecular weight excluding hydrogens is 362 g/mol. The summed E-state index contributed by atoms with van der Waals surface area (Å²) in [5.74, 6) is -0.0815. The van der Waals surface area contributed by atoms with Gasteiger partial charge in [-0.3, -0.25) is 14.9 Å². The van der Waals surface area contributed by atoms with Crippen LogP contribution in [0, 0.1) is 42.2 Å². The van der Waals surface area contributed by atoms with Gasteiger partial charge in [0, 0.05) is 5.69 Å². The van der Waals surface area contributed by atoms with Crippen LogP contribution in [0.15, 0.2) is 29.8 Å². The highest BCUT2D eigenvalue weighted by molar-refractivity contribution is 6.10. The van der Waals surface area contributed by atoms with Gasteiger partial charge in [0.15, 0.2) is 11.5 Å². The van der Waals surface area contributed by atoms with E-state index in [1.807, 2.05) is 39.0 Å². The van der Waals surface area contributed by atoms with E-state index in [2.05, 4.69) is 5.32 Å². The fraction of sp³-hybridized carbons (Fsp3) is 0.200. The first-order valence-electron chi connectivity index (χ1n) is 8.39. The number of fused-ring (bicyclic) bond motifs is 1. The number of hydrogen-bond acceptors (Lipinski definition) is 6. The van der Waals surface area contributed by atoms with E-state index in [1.165, 1.54) is 18.2 Å². The topological polar surface area (TPSA) is 114 Å². The number of benzene rings is 2. The molecule has 1 amide bonds. The van der Waals surface area contributed by atoms with Crippen LogP contribution in [0.5, 0.6) is 11.5 Å². The number of nitro benzene ring substituents is 1. The van der Waals surface area contributed by atoms with Crippen molar-refractivity contribution in [1.82, 2.24) is 0 Å². The second-order valence-corrected chi connectivity index (χ2v) is 6.42. The molecule has 1 heterocycles. The number of carbonyl (C=O) groups excluding carboxylic acids is 1. The van der Waals surface area contributed by atoms with Crippen LogP contribution in [0.2, 0.25) is 0 Å². The third-order valence-electron chi connectivity index (χ3n) is 4.30. The average molecular weight is 379 g/mol. The van der Waals surface area contributed by atoms with Crippen LogP contribution in [0.25, 0.3) is 6.08 Å². The van der Waals surface area contributed by atoms with Crippen LogP contribution in [-0.2, 0) is 4.79 Å². The zero-order valence-electron chi connectivity index (χ0n) is 15.5. The molecule has 28 heavy (non-hydrogen) atoms. The van der Waals surface area contributed by atoms with Gasteiger partial charge in [-0.1, -0.05) is 17.7 Å². The number of hydrogen-bond donors (Lipinski definition) is 1. The van der Waals surface area contributed by atoms with Crippen molar-refractivity contribution in [2.75, 3.05) is 12.1 Å². The lowest BCUT2D eigenvalue weighted by molar-refractivity contribution is -0.385. The van der Waals surface area contributed by atoms with Gasteiger partial charge in [-0.2, -0.15) is 5.26 Å². The maximum atomic E-state index is 12.6. The molecule has 8 heteroatoms. The van der Waals surface area contributed by atoms with Gasteiger partial charge in [0.1, 0.15) is 11.6 Å². The Bertz CT molecular complexity index is 1040. The molecule has 3 rings (SSSR count). The largest absolute Gasteiger partial charge is 0.454 e. The number of nitro groups is 1. The van der Waals surface area contributed by atoms with Crippen LogP contribution in [0.1, 0.15) is 22.3 Å². The fourth-order valence-electron chi connectivity index (χ4n) is 3.08. The maximum absolute atomic E-state index is 12.6. The Morgan fingerprint density at radius 1 is 1.18 bits per heavy atom. The second kappa shape index (κ2) is 7.40. The monoisotopic (exact) mass is 379 g/mol. The van der Waals surface area contributed by atoms with Crippen LogP contribution >= 0.6 is 0 Å². The predicted octanol–water partition coefficient (Wildman–Crippen LogP) is 3.79. The molecule has 142 valence electrons. The minimum atomic E-state index is -0.649. The molecule has 0 unspecified atom stereocenters. The standard InChI is InChI=1S/C20H17N3O5/c1-11-4-12(2)19(13(3)5-11)22-20(24)15(9-21)6-14-7-17-18(28-10-27-17)8-16(14)23(25)26/h4-8H,10H2,1-3H3,(H,22,24).